The van der Waals surface area contributed by atoms with Crippen LogP contribution in [0.5, 0.6) is 0 Å². The highest BCUT2D eigenvalue weighted by Crippen LogP contribution is 2.20. The van der Waals surface area contributed by atoms with Gasteiger partial charge in [0.25, 0.3) is 0 Å². The molecular formula is C12H13N3O3. The normalized spacial score (nSPS) is 12.3. The average Bonchev–Trinajstić information content (AvgIpc) is 2.68. The zero-order valence-electron chi connectivity index (χ0n) is 10.0. The molecule has 6 nitrogen and oxygen atoms in total. The van der Waals surface area contributed by atoms with Gasteiger partial charge < -0.3 is 15.3 Å². The third-order valence-corrected chi connectivity index (χ3v) is 2.79. The van der Waals surface area contributed by atoms with E-state index in [1.807, 2.05) is 0 Å². The van der Waals surface area contributed by atoms with E-state index in [1.165, 1.54) is 14.0 Å². The van der Waals surface area contributed by atoms with Crippen LogP contribution in [-0.2, 0) is 9.59 Å². The molecule has 1 unspecified atom stereocenters. The number of Topliss-reactive ketones (excluding diaryl/α,β-unsaturated/α-hetero) is 1. The molecule has 0 fully saturated rings. The maximum absolute atomic E-state index is 11.7. The third kappa shape index (κ3) is 2.04. The second-order valence-electron chi connectivity index (χ2n) is 4.04. The van der Waals surface area contributed by atoms with Gasteiger partial charge in [0.15, 0.2) is 0 Å². The number of benzene rings is 1. The summed E-state index contributed by atoms with van der Waals surface area (Å²) in [6, 6.07) is 4.96. The highest BCUT2D eigenvalue weighted by molar-refractivity contribution is 6.06. The number of nitrogens with one attached hydrogen (secondary N) is 3. The predicted octanol–water partition coefficient (Wildman–Crippen LogP) is 0.275. The van der Waals surface area contributed by atoms with Gasteiger partial charge in [-0.15, -0.1) is 0 Å². The van der Waals surface area contributed by atoms with Crippen molar-refractivity contribution >= 4 is 22.7 Å². The number of carbonyl (C=O) groups excluding carboxylic acids is 2. The van der Waals surface area contributed by atoms with Crippen molar-refractivity contribution in [2.45, 2.75) is 12.8 Å². The molecule has 0 aliphatic rings. The lowest BCUT2D eigenvalue weighted by molar-refractivity contribution is -0.129. The molecule has 0 aliphatic carbocycles. The molecule has 0 saturated carbocycles. The first kappa shape index (κ1) is 12.1. The molecule has 1 aromatic heterocycles. The molecule has 0 saturated heterocycles. The van der Waals surface area contributed by atoms with Crippen LogP contribution in [-0.4, -0.2) is 28.7 Å². The van der Waals surface area contributed by atoms with Gasteiger partial charge in [-0.25, -0.2) is 4.79 Å². The summed E-state index contributed by atoms with van der Waals surface area (Å²) in [7, 11) is 1.48. The third-order valence-electron chi connectivity index (χ3n) is 2.79. The van der Waals surface area contributed by atoms with Crippen LogP contribution in [0, 0.1) is 0 Å². The fourth-order valence-corrected chi connectivity index (χ4v) is 1.94. The van der Waals surface area contributed by atoms with Crippen LogP contribution in [0.2, 0.25) is 0 Å². The summed E-state index contributed by atoms with van der Waals surface area (Å²) in [6.45, 7) is 1.37. The molecule has 1 heterocycles. The van der Waals surface area contributed by atoms with Gasteiger partial charge in [0.05, 0.1) is 11.0 Å². The van der Waals surface area contributed by atoms with Gasteiger partial charge in [-0.1, -0.05) is 6.07 Å². The number of aromatic amines is 2. The number of rotatable bonds is 3. The minimum absolute atomic E-state index is 0.244. The van der Waals surface area contributed by atoms with E-state index < -0.39 is 5.92 Å². The lowest BCUT2D eigenvalue weighted by Gasteiger charge is -2.12. The quantitative estimate of drug-likeness (QED) is 0.679. The summed E-state index contributed by atoms with van der Waals surface area (Å²) in [5, 5.41) is 2.46. The molecule has 94 valence electrons. The SMILES string of the molecule is CNC(=O)C(C(C)=O)c1ccc2[nH]c(=O)[nH]c2c1. The Morgan fingerprint density at radius 2 is 1.89 bits per heavy atom. The number of likely N-dealkylation sites (N-methyl/N-ethyl adjacent to an activating group) is 1. The molecule has 2 rings (SSSR count). The summed E-state index contributed by atoms with van der Waals surface area (Å²) in [4.78, 5) is 39.6. The molecule has 6 heteroatoms. The van der Waals surface area contributed by atoms with Crippen molar-refractivity contribution in [2.75, 3.05) is 7.05 Å². The maximum Gasteiger partial charge on any atom is 0.323 e. The summed E-state index contributed by atoms with van der Waals surface area (Å²) in [5.41, 5.74) is 1.46. The summed E-state index contributed by atoms with van der Waals surface area (Å²) < 4.78 is 0. The van der Waals surface area contributed by atoms with Crippen LogP contribution in [0.1, 0.15) is 18.4 Å². The second-order valence-corrected chi connectivity index (χ2v) is 4.04. The highest BCUT2D eigenvalue weighted by Gasteiger charge is 2.24. The molecule has 2 aromatic rings. The molecule has 0 aliphatic heterocycles. The maximum atomic E-state index is 11.7. The zero-order chi connectivity index (χ0) is 13.3. The van der Waals surface area contributed by atoms with Gasteiger partial charge in [0.1, 0.15) is 11.7 Å². The molecule has 1 aromatic carbocycles. The van der Waals surface area contributed by atoms with Crippen molar-refractivity contribution in [3.8, 4) is 0 Å². The van der Waals surface area contributed by atoms with Crippen LogP contribution in [0.4, 0.5) is 0 Å². The molecular weight excluding hydrogens is 234 g/mol. The molecule has 3 N–H and O–H groups in total. The highest BCUT2D eigenvalue weighted by atomic mass is 16.2. The molecule has 1 atom stereocenters. The Hall–Kier alpha value is -2.37. The monoisotopic (exact) mass is 247 g/mol. The number of imidazole rings is 1. The first-order valence-corrected chi connectivity index (χ1v) is 5.47. The topological polar surface area (TPSA) is 94.8 Å². The second kappa shape index (κ2) is 4.48. The Labute approximate surface area is 102 Å². The Morgan fingerprint density at radius 3 is 2.50 bits per heavy atom. The molecule has 18 heavy (non-hydrogen) atoms. The van der Waals surface area contributed by atoms with E-state index in [0.29, 0.717) is 16.6 Å². The Morgan fingerprint density at radius 1 is 1.22 bits per heavy atom. The van der Waals surface area contributed by atoms with Crippen LogP contribution in [0.3, 0.4) is 0 Å². The minimum atomic E-state index is -0.849. The van der Waals surface area contributed by atoms with E-state index in [4.69, 9.17) is 0 Å². The van der Waals surface area contributed by atoms with E-state index >= 15 is 0 Å². The van der Waals surface area contributed by atoms with Crippen molar-refractivity contribution in [3.05, 3.63) is 34.2 Å². The van der Waals surface area contributed by atoms with Crippen molar-refractivity contribution in [3.63, 3.8) is 0 Å². The minimum Gasteiger partial charge on any atom is -0.358 e. The fourth-order valence-electron chi connectivity index (χ4n) is 1.94. The Balaban J connectivity index is 2.53. The number of hydrogen-bond acceptors (Lipinski definition) is 3. The molecule has 1 amide bonds. The van der Waals surface area contributed by atoms with Crippen LogP contribution < -0.4 is 11.0 Å². The number of hydrogen-bond donors (Lipinski definition) is 3. The standard InChI is InChI=1S/C12H13N3O3/c1-6(16)10(11(17)13-2)7-3-4-8-9(5-7)15-12(18)14-8/h3-5,10H,1-2H3,(H,13,17)(H2,14,15,18). The van der Waals surface area contributed by atoms with Crippen LogP contribution in [0.15, 0.2) is 23.0 Å². The van der Waals surface area contributed by atoms with E-state index in [9.17, 15) is 14.4 Å². The van der Waals surface area contributed by atoms with Crippen LogP contribution >= 0.6 is 0 Å². The first-order chi connectivity index (χ1) is 8.52. The fraction of sp³-hybridized carbons (Fsp3) is 0.250. The van der Waals surface area contributed by atoms with Gasteiger partial charge in [-0.3, -0.25) is 9.59 Å². The van der Waals surface area contributed by atoms with Gasteiger partial charge >= 0.3 is 5.69 Å². The van der Waals surface area contributed by atoms with Gasteiger partial charge in [-0.2, -0.15) is 0 Å². The lowest BCUT2D eigenvalue weighted by atomic mass is 9.94. The Bertz CT molecular complexity index is 669. The van der Waals surface area contributed by atoms with Gasteiger partial charge in [0, 0.05) is 7.05 Å². The van der Waals surface area contributed by atoms with E-state index in [2.05, 4.69) is 15.3 Å². The number of H-pyrrole nitrogens is 2. The lowest BCUT2D eigenvalue weighted by Crippen LogP contribution is -2.30. The molecule has 0 bridgehead atoms. The predicted molar refractivity (Wildman–Crippen MR) is 66.4 cm³/mol. The van der Waals surface area contributed by atoms with Crippen molar-refractivity contribution in [1.82, 2.24) is 15.3 Å². The number of carbonyl (C=O) groups is 2. The zero-order valence-corrected chi connectivity index (χ0v) is 10.0. The Kier molecular flexibility index (Phi) is 3.01. The smallest absolute Gasteiger partial charge is 0.323 e. The van der Waals surface area contributed by atoms with Gasteiger partial charge in [0.2, 0.25) is 5.91 Å². The van der Waals surface area contributed by atoms with Crippen molar-refractivity contribution in [1.29, 1.82) is 0 Å². The number of aromatic nitrogens is 2. The number of amides is 1. The summed E-state index contributed by atoms with van der Waals surface area (Å²) >= 11 is 0. The molecule has 0 spiro atoms. The number of ketones is 1. The molecule has 0 radical (unpaired) electrons. The summed E-state index contributed by atoms with van der Waals surface area (Å²) in [6.07, 6.45) is 0. The van der Waals surface area contributed by atoms with Crippen LogP contribution in [0.25, 0.3) is 11.0 Å². The van der Waals surface area contributed by atoms with Crippen molar-refractivity contribution in [2.24, 2.45) is 0 Å². The van der Waals surface area contributed by atoms with Crippen molar-refractivity contribution < 1.29 is 9.59 Å². The van der Waals surface area contributed by atoms with E-state index in [-0.39, 0.29) is 17.4 Å². The van der Waals surface area contributed by atoms with Gasteiger partial charge in [-0.05, 0) is 24.6 Å². The average molecular weight is 247 g/mol. The largest absolute Gasteiger partial charge is 0.358 e. The number of fused-ring (bicyclic) bond motifs is 1. The first-order valence-electron chi connectivity index (χ1n) is 5.47. The van der Waals surface area contributed by atoms with E-state index in [1.54, 1.807) is 18.2 Å². The summed E-state index contributed by atoms with van der Waals surface area (Å²) in [5.74, 6) is -1.45. The van der Waals surface area contributed by atoms with E-state index in [0.717, 1.165) is 0 Å².